The summed E-state index contributed by atoms with van der Waals surface area (Å²) in [7, 11) is 0. The van der Waals surface area contributed by atoms with Gasteiger partial charge in [0.2, 0.25) is 0 Å². The number of ether oxygens (including phenoxy) is 1. The van der Waals surface area contributed by atoms with Crippen LogP contribution in [0.4, 0.5) is 0 Å². The summed E-state index contributed by atoms with van der Waals surface area (Å²) in [5.74, 6) is 1.74. The van der Waals surface area contributed by atoms with Gasteiger partial charge < -0.3 is 4.74 Å². The number of hydrogen-bond acceptors (Lipinski definition) is 1. The second kappa shape index (κ2) is 3.73. The predicted octanol–water partition coefficient (Wildman–Crippen LogP) is 4.10. The molecule has 15 heavy (non-hydrogen) atoms. The highest BCUT2D eigenvalue weighted by atomic mass is 79.9. The molecule has 2 bridgehead atoms. The van der Waals surface area contributed by atoms with E-state index in [0.717, 1.165) is 11.8 Å². The molecule has 0 N–H and O–H groups in total. The molecule has 2 aliphatic carbocycles. The highest BCUT2D eigenvalue weighted by molar-refractivity contribution is 8.93. The maximum atomic E-state index is 6.46. The van der Waals surface area contributed by atoms with Gasteiger partial charge in [0.1, 0.15) is 0 Å². The molecular formula is C13H23BrO. The molecule has 0 aromatic carbocycles. The van der Waals surface area contributed by atoms with Crippen LogP contribution in [0.25, 0.3) is 0 Å². The fraction of sp³-hybridized carbons (Fsp3) is 1.00. The molecule has 3 atom stereocenters. The van der Waals surface area contributed by atoms with Crippen molar-refractivity contribution in [3.8, 4) is 0 Å². The van der Waals surface area contributed by atoms with Gasteiger partial charge in [-0.3, -0.25) is 0 Å². The van der Waals surface area contributed by atoms with Gasteiger partial charge in [-0.05, 0) is 57.8 Å². The molecule has 0 aromatic heterocycles. The van der Waals surface area contributed by atoms with Crippen LogP contribution in [-0.2, 0) is 4.74 Å². The normalized spacial score (nSPS) is 46.8. The third-order valence-corrected chi connectivity index (χ3v) is 5.05. The SMILES string of the molecule is Br.CC1(C)O[C@@]23CCCCC2CC[C@@H]1C3. The van der Waals surface area contributed by atoms with Crippen molar-refractivity contribution in [3.63, 3.8) is 0 Å². The number of rotatable bonds is 0. The van der Waals surface area contributed by atoms with Gasteiger partial charge in [0.25, 0.3) is 0 Å². The van der Waals surface area contributed by atoms with Crippen LogP contribution in [0.3, 0.4) is 0 Å². The van der Waals surface area contributed by atoms with E-state index in [1.54, 1.807) is 0 Å². The summed E-state index contributed by atoms with van der Waals surface area (Å²) < 4.78 is 6.46. The van der Waals surface area contributed by atoms with Crippen LogP contribution < -0.4 is 0 Å². The number of halogens is 1. The summed E-state index contributed by atoms with van der Waals surface area (Å²) >= 11 is 0. The van der Waals surface area contributed by atoms with Crippen molar-refractivity contribution in [2.45, 2.75) is 70.0 Å². The first kappa shape index (κ1) is 11.9. The molecule has 0 aromatic rings. The van der Waals surface area contributed by atoms with E-state index in [2.05, 4.69) is 13.8 Å². The molecule has 3 rings (SSSR count). The Hall–Kier alpha value is 0.440. The van der Waals surface area contributed by atoms with Crippen molar-refractivity contribution in [2.75, 3.05) is 0 Å². The van der Waals surface area contributed by atoms with E-state index < -0.39 is 0 Å². The third kappa shape index (κ3) is 1.68. The lowest BCUT2D eigenvalue weighted by atomic mass is 9.65. The maximum Gasteiger partial charge on any atom is 0.0721 e. The molecular weight excluding hydrogens is 252 g/mol. The Balaban J connectivity index is 0.000000853. The molecule has 1 heterocycles. The van der Waals surface area contributed by atoms with Crippen molar-refractivity contribution in [1.29, 1.82) is 0 Å². The Morgan fingerprint density at radius 3 is 2.53 bits per heavy atom. The van der Waals surface area contributed by atoms with Gasteiger partial charge in [-0.2, -0.15) is 0 Å². The maximum absolute atomic E-state index is 6.46. The zero-order valence-corrected chi connectivity index (χ0v) is 11.6. The lowest BCUT2D eigenvalue weighted by molar-refractivity contribution is -0.129. The second-order valence-corrected chi connectivity index (χ2v) is 6.19. The quantitative estimate of drug-likeness (QED) is 0.646. The standard InChI is InChI=1S/C13H22O.BrH/c1-12(2)11-7-6-10-5-3-4-8-13(10,9-11)14-12;/h10-11H,3-9H2,1-2H3;1H/t10?,11-,13-;/m1./s1. The summed E-state index contributed by atoms with van der Waals surface area (Å²) in [6, 6.07) is 0. The van der Waals surface area contributed by atoms with E-state index in [1.807, 2.05) is 0 Å². The summed E-state index contributed by atoms with van der Waals surface area (Å²) in [4.78, 5) is 0. The first-order valence-corrected chi connectivity index (χ1v) is 6.33. The van der Waals surface area contributed by atoms with Crippen molar-refractivity contribution in [1.82, 2.24) is 0 Å². The summed E-state index contributed by atoms with van der Waals surface area (Å²) in [6.07, 6.45) is 9.85. The molecule has 88 valence electrons. The summed E-state index contributed by atoms with van der Waals surface area (Å²) in [5, 5.41) is 0. The second-order valence-electron chi connectivity index (χ2n) is 6.19. The third-order valence-electron chi connectivity index (χ3n) is 5.05. The monoisotopic (exact) mass is 274 g/mol. The van der Waals surface area contributed by atoms with Crippen LogP contribution in [0.2, 0.25) is 0 Å². The molecule has 1 unspecified atom stereocenters. The van der Waals surface area contributed by atoms with Crippen molar-refractivity contribution in [3.05, 3.63) is 0 Å². The van der Waals surface area contributed by atoms with E-state index in [9.17, 15) is 0 Å². The van der Waals surface area contributed by atoms with Crippen molar-refractivity contribution < 1.29 is 4.74 Å². The molecule has 3 aliphatic rings. The van der Waals surface area contributed by atoms with E-state index in [1.165, 1.54) is 44.9 Å². The van der Waals surface area contributed by atoms with Crippen LogP contribution in [0.5, 0.6) is 0 Å². The first-order valence-electron chi connectivity index (χ1n) is 6.33. The van der Waals surface area contributed by atoms with Crippen molar-refractivity contribution >= 4 is 17.0 Å². The van der Waals surface area contributed by atoms with Crippen LogP contribution in [-0.4, -0.2) is 11.2 Å². The molecule has 1 spiro atoms. The highest BCUT2D eigenvalue weighted by Gasteiger charge is 2.57. The molecule has 0 amide bonds. The molecule has 3 fully saturated rings. The molecule has 2 saturated carbocycles. The number of hydrogen-bond donors (Lipinski definition) is 0. The van der Waals surface area contributed by atoms with Crippen LogP contribution in [0, 0.1) is 11.8 Å². The summed E-state index contributed by atoms with van der Waals surface area (Å²) in [6.45, 7) is 4.62. The van der Waals surface area contributed by atoms with Crippen molar-refractivity contribution in [2.24, 2.45) is 11.8 Å². The lowest BCUT2D eigenvalue weighted by Gasteiger charge is -2.43. The Kier molecular flexibility index (Phi) is 2.96. The van der Waals surface area contributed by atoms with Gasteiger partial charge in [-0.25, -0.2) is 0 Å². The largest absolute Gasteiger partial charge is 0.369 e. The Labute approximate surface area is 104 Å². The fourth-order valence-electron chi connectivity index (χ4n) is 4.26. The van der Waals surface area contributed by atoms with E-state index in [4.69, 9.17) is 4.74 Å². The minimum atomic E-state index is 0. The fourth-order valence-corrected chi connectivity index (χ4v) is 4.26. The lowest BCUT2D eigenvalue weighted by Crippen LogP contribution is -2.42. The van der Waals surface area contributed by atoms with Gasteiger partial charge in [-0.1, -0.05) is 12.8 Å². The average molecular weight is 275 g/mol. The Morgan fingerprint density at radius 2 is 1.73 bits per heavy atom. The van der Waals surface area contributed by atoms with Crippen LogP contribution in [0.15, 0.2) is 0 Å². The molecule has 1 saturated heterocycles. The molecule has 2 heteroatoms. The summed E-state index contributed by atoms with van der Waals surface area (Å²) in [5.41, 5.74) is 0.497. The van der Waals surface area contributed by atoms with Gasteiger partial charge in [-0.15, -0.1) is 17.0 Å². The minimum Gasteiger partial charge on any atom is -0.369 e. The van der Waals surface area contributed by atoms with Gasteiger partial charge in [0.05, 0.1) is 11.2 Å². The molecule has 0 radical (unpaired) electrons. The van der Waals surface area contributed by atoms with Crippen LogP contribution in [0.1, 0.15) is 58.8 Å². The Morgan fingerprint density at radius 1 is 1.00 bits per heavy atom. The average Bonchev–Trinajstić information content (AvgIpc) is 2.33. The van der Waals surface area contributed by atoms with Crippen LogP contribution >= 0.6 is 17.0 Å². The van der Waals surface area contributed by atoms with Gasteiger partial charge in [0.15, 0.2) is 0 Å². The van der Waals surface area contributed by atoms with Gasteiger partial charge in [0, 0.05) is 0 Å². The molecule has 1 nitrogen and oxygen atoms in total. The predicted molar refractivity (Wildman–Crippen MR) is 67.5 cm³/mol. The van der Waals surface area contributed by atoms with Gasteiger partial charge >= 0.3 is 0 Å². The zero-order chi connectivity index (χ0) is 9.81. The highest BCUT2D eigenvalue weighted by Crippen LogP contribution is 2.58. The van der Waals surface area contributed by atoms with E-state index >= 15 is 0 Å². The smallest absolute Gasteiger partial charge is 0.0721 e. The topological polar surface area (TPSA) is 9.23 Å². The van der Waals surface area contributed by atoms with E-state index in [-0.39, 0.29) is 22.6 Å². The zero-order valence-electron chi connectivity index (χ0n) is 9.92. The van der Waals surface area contributed by atoms with E-state index in [0.29, 0.717) is 5.60 Å². The minimum absolute atomic E-state index is 0. The first-order chi connectivity index (χ1) is 6.62. The Bertz CT molecular complexity index is 251. The number of fused-ring (bicyclic) bond motifs is 1. The molecule has 1 aliphatic heterocycles.